The number of rotatable bonds is 0. The van der Waals surface area contributed by atoms with Crippen LogP contribution in [-0.2, 0) is 4.79 Å². The maximum Gasteiger partial charge on any atom is 0.239 e. The summed E-state index contributed by atoms with van der Waals surface area (Å²) in [7, 11) is 0. The smallest absolute Gasteiger partial charge is 0.239 e. The van der Waals surface area contributed by atoms with Gasteiger partial charge in [0, 0.05) is 6.92 Å². The molecule has 4 heteroatoms. The molecule has 0 aromatic carbocycles. The molecule has 0 fully saturated rings. The van der Waals surface area contributed by atoms with Gasteiger partial charge in [-0.05, 0) is 0 Å². The van der Waals surface area contributed by atoms with Crippen LogP contribution in [-0.4, -0.2) is 34.9 Å². The second-order valence-corrected chi connectivity index (χ2v) is 1.93. The number of hydrogen-bond acceptors (Lipinski definition) is 3. The molecule has 0 saturated heterocycles. The highest BCUT2D eigenvalue weighted by Gasteiger charge is 2.16. The molecule has 1 amide bonds. The number of nitrogens with zero attached hydrogens (tertiary/aromatic N) is 2. The first-order valence-corrected chi connectivity index (χ1v) is 2.70. The van der Waals surface area contributed by atoms with E-state index >= 15 is 0 Å². The first-order chi connectivity index (χ1) is 4.20. The molecular weight excluding hydrogens is 120 g/mol. The topological polar surface area (TPSA) is 52.9 Å². The standard InChI is InChI=1S/C5H8N2O2/c1-4(8)7-3-5(9)2-6-7/h2,5,9H,3H2,1H3. The van der Waals surface area contributed by atoms with Gasteiger partial charge >= 0.3 is 0 Å². The molecule has 1 aliphatic heterocycles. The van der Waals surface area contributed by atoms with Gasteiger partial charge in [-0.2, -0.15) is 5.10 Å². The Kier molecular flexibility index (Phi) is 1.48. The Bertz CT molecular complexity index is 155. The van der Waals surface area contributed by atoms with Crippen LogP contribution in [0.2, 0.25) is 0 Å². The molecular formula is C5H8N2O2. The van der Waals surface area contributed by atoms with Gasteiger partial charge in [0.15, 0.2) is 0 Å². The third kappa shape index (κ3) is 1.26. The number of carbonyl (C=O) groups is 1. The highest BCUT2D eigenvalue weighted by atomic mass is 16.3. The van der Waals surface area contributed by atoms with E-state index in [4.69, 9.17) is 5.11 Å². The quantitative estimate of drug-likeness (QED) is 0.464. The molecule has 1 aliphatic rings. The van der Waals surface area contributed by atoms with Gasteiger partial charge in [0.05, 0.1) is 12.8 Å². The molecule has 0 spiro atoms. The second-order valence-electron chi connectivity index (χ2n) is 1.93. The number of carbonyl (C=O) groups excluding carboxylic acids is 1. The summed E-state index contributed by atoms with van der Waals surface area (Å²) in [6, 6.07) is 0. The van der Waals surface area contributed by atoms with Crippen molar-refractivity contribution >= 4 is 12.1 Å². The molecule has 0 aromatic heterocycles. The molecule has 4 nitrogen and oxygen atoms in total. The van der Waals surface area contributed by atoms with E-state index in [1.54, 1.807) is 0 Å². The van der Waals surface area contributed by atoms with Crippen molar-refractivity contribution in [1.82, 2.24) is 5.01 Å². The van der Waals surface area contributed by atoms with Gasteiger partial charge in [0.25, 0.3) is 0 Å². The fraction of sp³-hybridized carbons (Fsp3) is 0.600. The van der Waals surface area contributed by atoms with Crippen LogP contribution < -0.4 is 0 Å². The van der Waals surface area contributed by atoms with Crippen molar-refractivity contribution in [3.05, 3.63) is 0 Å². The predicted molar refractivity (Wildman–Crippen MR) is 31.9 cm³/mol. The molecule has 0 aromatic rings. The van der Waals surface area contributed by atoms with Gasteiger partial charge < -0.3 is 5.11 Å². The summed E-state index contributed by atoms with van der Waals surface area (Å²) >= 11 is 0. The normalized spacial score (nSPS) is 25.1. The first-order valence-electron chi connectivity index (χ1n) is 2.70. The predicted octanol–water partition coefficient (Wildman–Crippen LogP) is -0.805. The minimum Gasteiger partial charge on any atom is -0.385 e. The maximum atomic E-state index is 10.5. The van der Waals surface area contributed by atoms with Crippen LogP contribution in [0.5, 0.6) is 0 Å². The Morgan fingerprint density at radius 2 is 2.67 bits per heavy atom. The average molecular weight is 128 g/mol. The number of hydrogen-bond donors (Lipinski definition) is 1. The van der Waals surface area contributed by atoms with E-state index in [0.717, 1.165) is 0 Å². The SMILES string of the molecule is CC(=O)N1CC(O)C=N1. The van der Waals surface area contributed by atoms with Crippen LogP contribution in [0.25, 0.3) is 0 Å². The van der Waals surface area contributed by atoms with Crippen molar-refractivity contribution in [2.75, 3.05) is 6.54 Å². The van der Waals surface area contributed by atoms with E-state index in [-0.39, 0.29) is 5.91 Å². The number of β-amino-alcohol motifs (C(OH)–C–C–N with tert-alkyl or cyclic N) is 1. The summed E-state index contributed by atoms with van der Waals surface area (Å²) in [5.74, 6) is -0.136. The lowest BCUT2D eigenvalue weighted by molar-refractivity contribution is -0.128. The molecule has 1 rings (SSSR count). The molecule has 0 aliphatic carbocycles. The van der Waals surface area contributed by atoms with Gasteiger partial charge in [-0.15, -0.1) is 0 Å². The lowest BCUT2D eigenvalue weighted by atomic mass is 10.4. The Labute approximate surface area is 52.8 Å². The first kappa shape index (κ1) is 6.22. The summed E-state index contributed by atoms with van der Waals surface area (Å²) in [4.78, 5) is 10.5. The molecule has 9 heavy (non-hydrogen) atoms. The van der Waals surface area contributed by atoms with Crippen molar-refractivity contribution in [3.63, 3.8) is 0 Å². The molecule has 50 valence electrons. The van der Waals surface area contributed by atoms with Crippen LogP contribution in [0.15, 0.2) is 5.10 Å². The van der Waals surface area contributed by atoms with Crippen LogP contribution >= 0.6 is 0 Å². The Balaban J connectivity index is 2.50. The molecule has 0 bridgehead atoms. The molecule has 0 saturated carbocycles. The molecule has 1 atom stereocenters. The van der Waals surface area contributed by atoms with Crippen LogP contribution in [0.1, 0.15) is 6.92 Å². The fourth-order valence-electron chi connectivity index (χ4n) is 0.639. The van der Waals surface area contributed by atoms with Gasteiger partial charge in [-0.1, -0.05) is 0 Å². The zero-order chi connectivity index (χ0) is 6.85. The number of amides is 1. The van der Waals surface area contributed by atoms with E-state index < -0.39 is 6.10 Å². The zero-order valence-corrected chi connectivity index (χ0v) is 5.11. The van der Waals surface area contributed by atoms with Crippen LogP contribution in [0.4, 0.5) is 0 Å². The van der Waals surface area contributed by atoms with E-state index in [1.165, 1.54) is 18.1 Å². The summed E-state index contributed by atoms with van der Waals surface area (Å²) < 4.78 is 0. The van der Waals surface area contributed by atoms with E-state index in [0.29, 0.717) is 6.54 Å². The Morgan fingerprint density at radius 1 is 2.00 bits per heavy atom. The largest absolute Gasteiger partial charge is 0.385 e. The molecule has 1 heterocycles. The third-order valence-electron chi connectivity index (χ3n) is 1.10. The lowest BCUT2D eigenvalue weighted by Crippen LogP contribution is -2.25. The highest BCUT2D eigenvalue weighted by Crippen LogP contribution is 1.99. The molecule has 1 unspecified atom stereocenters. The summed E-state index contributed by atoms with van der Waals surface area (Å²) in [5, 5.41) is 13.7. The number of aliphatic hydroxyl groups excluding tert-OH is 1. The second kappa shape index (κ2) is 2.14. The summed E-state index contributed by atoms with van der Waals surface area (Å²) in [5.41, 5.74) is 0. The van der Waals surface area contributed by atoms with Crippen molar-refractivity contribution in [2.45, 2.75) is 13.0 Å². The Morgan fingerprint density at radius 3 is 2.89 bits per heavy atom. The minimum atomic E-state index is -0.575. The van der Waals surface area contributed by atoms with E-state index in [2.05, 4.69) is 5.10 Å². The van der Waals surface area contributed by atoms with Crippen LogP contribution in [0, 0.1) is 0 Å². The average Bonchev–Trinajstić information content (AvgIpc) is 2.14. The van der Waals surface area contributed by atoms with Crippen molar-refractivity contribution in [1.29, 1.82) is 0 Å². The summed E-state index contributed by atoms with van der Waals surface area (Å²) in [6.45, 7) is 1.71. The van der Waals surface area contributed by atoms with Crippen molar-refractivity contribution < 1.29 is 9.90 Å². The maximum absolute atomic E-state index is 10.5. The van der Waals surface area contributed by atoms with Gasteiger partial charge in [0.2, 0.25) is 5.91 Å². The molecule has 0 radical (unpaired) electrons. The third-order valence-corrected chi connectivity index (χ3v) is 1.10. The van der Waals surface area contributed by atoms with Crippen molar-refractivity contribution in [2.24, 2.45) is 5.10 Å². The summed E-state index contributed by atoms with van der Waals surface area (Å²) in [6.07, 6.45) is 0.774. The lowest BCUT2D eigenvalue weighted by Gasteiger charge is -2.07. The zero-order valence-electron chi connectivity index (χ0n) is 5.11. The van der Waals surface area contributed by atoms with E-state index in [1.807, 2.05) is 0 Å². The minimum absolute atomic E-state index is 0.136. The van der Waals surface area contributed by atoms with Gasteiger partial charge in [0.1, 0.15) is 6.10 Å². The number of aliphatic hydroxyl groups is 1. The monoisotopic (exact) mass is 128 g/mol. The van der Waals surface area contributed by atoms with E-state index in [9.17, 15) is 4.79 Å². The van der Waals surface area contributed by atoms with Gasteiger partial charge in [-0.3, -0.25) is 4.79 Å². The number of hydrazone groups is 1. The van der Waals surface area contributed by atoms with Crippen LogP contribution in [0.3, 0.4) is 0 Å². The van der Waals surface area contributed by atoms with Gasteiger partial charge in [-0.25, -0.2) is 5.01 Å². The van der Waals surface area contributed by atoms with Crippen molar-refractivity contribution in [3.8, 4) is 0 Å². The highest BCUT2D eigenvalue weighted by molar-refractivity contribution is 5.77. The Hall–Kier alpha value is -0.900. The molecule has 1 N–H and O–H groups in total. The fourth-order valence-corrected chi connectivity index (χ4v) is 0.639.